The quantitative estimate of drug-likeness (QED) is 0.801. The molecule has 0 aliphatic heterocycles. The first-order valence-electron chi connectivity index (χ1n) is 5.93. The van der Waals surface area contributed by atoms with Gasteiger partial charge in [0.2, 0.25) is 0 Å². The SMILES string of the molecule is Oc1cncc(-c2nc(Cc3ccccc3Cl)no2)c1. The van der Waals surface area contributed by atoms with E-state index in [-0.39, 0.29) is 5.75 Å². The van der Waals surface area contributed by atoms with Crippen LogP contribution in [0.3, 0.4) is 0 Å². The summed E-state index contributed by atoms with van der Waals surface area (Å²) in [7, 11) is 0. The Bertz CT molecular complexity index is 743. The van der Waals surface area contributed by atoms with Gasteiger partial charge in [0, 0.05) is 17.6 Å². The lowest BCUT2D eigenvalue weighted by Gasteiger charge is -1.98. The molecule has 2 heterocycles. The van der Waals surface area contributed by atoms with Crippen molar-refractivity contribution in [2.45, 2.75) is 6.42 Å². The molecule has 0 saturated heterocycles. The van der Waals surface area contributed by atoms with Crippen molar-refractivity contribution in [1.29, 1.82) is 0 Å². The van der Waals surface area contributed by atoms with Crippen molar-refractivity contribution in [3.05, 3.63) is 59.1 Å². The summed E-state index contributed by atoms with van der Waals surface area (Å²) >= 11 is 6.09. The van der Waals surface area contributed by atoms with E-state index in [0.29, 0.717) is 28.7 Å². The van der Waals surface area contributed by atoms with Crippen LogP contribution in [0.4, 0.5) is 0 Å². The molecule has 0 fully saturated rings. The van der Waals surface area contributed by atoms with E-state index in [1.807, 2.05) is 24.3 Å². The van der Waals surface area contributed by atoms with Crippen LogP contribution in [0.25, 0.3) is 11.5 Å². The molecule has 0 unspecified atom stereocenters. The normalized spacial score (nSPS) is 10.7. The third-order valence-electron chi connectivity index (χ3n) is 2.75. The third kappa shape index (κ3) is 2.62. The second-order valence-electron chi connectivity index (χ2n) is 4.22. The molecular weight excluding hydrogens is 278 g/mol. The fourth-order valence-corrected chi connectivity index (χ4v) is 2.00. The minimum absolute atomic E-state index is 0.0494. The zero-order valence-electron chi connectivity index (χ0n) is 10.3. The summed E-state index contributed by atoms with van der Waals surface area (Å²) < 4.78 is 5.16. The van der Waals surface area contributed by atoms with Gasteiger partial charge in [-0.05, 0) is 17.7 Å². The molecule has 0 saturated carbocycles. The van der Waals surface area contributed by atoms with E-state index in [0.717, 1.165) is 5.56 Å². The van der Waals surface area contributed by atoms with E-state index >= 15 is 0 Å². The van der Waals surface area contributed by atoms with Crippen LogP contribution in [0, 0.1) is 0 Å². The number of aromatic nitrogens is 3. The summed E-state index contributed by atoms with van der Waals surface area (Å²) in [6.45, 7) is 0. The summed E-state index contributed by atoms with van der Waals surface area (Å²) in [5.41, 5.74) is 1.50. The Morgan fingerprint density at radius 1 is 1.20 bits per heavy atom. The molecule has 0 aliphatic rings. The Labute approximate surface area is 119 Å². The number of halogens is 1. The number of hydrogen-bond acceptors (Lipinski definition) is 5. The lowest BCUT2D eigenvalue weighted by Crippen LogP contribution is -1.91. The van der Waals surface area contributed by atoms with E-state index in [2.05, 4.69) is 15.1 Å². The van der Waals surface area contributed by atoms with Crippen LogP contribution in [-0.4, -0.2) is 20.2 Å². The Balaban J connectivity index is 1.86. The highest BCUT2D eigenvalue weighted by Crippen LogP contribution is 2.22. The Kier molecular flexibility index (Phi) is 3.35. The maximum atomic E-state index is 9.38. The van der Waals surface area contributed by atoms with Crippen LogP contribution in [0.2, 0.25) is 5.02 Å². The van der Waals surface area contributed by atoms with Crippen LogP contribution in [0.5, 0.6) is 5.75 Å². The van der Waals surface area contributed by atoms with Gasteiger partial charge in [0.1, 0.15) is 5.75 Å². The smallest absolute Gasteiger partial charge is 0.259 e. The first kappa shape index (κ1) is 12.6. The second-order valence-corrected chi connectivity index (χ2v) is 4.62. The van der Waals surface area contributed by atoms with Crippen molar-refractivity contribution in [3.63, 3.8) is 0 Å². The zero-order chi connectivity index (χ0) is 13.9. The molecule has 0 bridgehead atoms. The van der Waals surface area contributed by atoms with Crippen LogP contribution in [0.1, 0.15) is 11.4 Å². The van der Waals surface area contributed by atoms with Gasteiger partial charge in [-0.2, -0.15) is 4.98 Å². The highest BCUT2D eigenvalue weighted by atomic mass is 35.5. The van der Waals surface area contributed by atoms with Gasteiger partial charge in [-0.25, -0.2) is 0 Å². The number of hydrogen-bond donors (Lipinski definition) is 1. The molecule has 6 heteroatoms. The van der Waals surface area contributed by atoms with Crippen molar-refractivity contribution in [3.8, 4) is 17.2 Å². The van der Waals surface area contributed by atoms with E-state index in [1.54, 1.807) is 6.20 Å². The predicted octanol–water partition coefficient (Wildman–Crippen LogP) is 3.08. The van der Waals surface area contributed by atoms with Gasteiger partial charge >= 0.3 is 0 Å². The van der Waals surface area contributed by atoms with E-state index in [9.17, 15) is 5.11 Å². The summed E-state index contributed by atoms with van der Waals surface area (Å²) in [4.78, 5) is 8.14. The van der Waals surface area contributed by atoms with E-state index < -0.39 is 0 Å². The molecule has 0 atom stereocenters. The lowest BCUT2D eigenvalue weighted by molar-refractivity contribution is 0.423. The number of nitrogens with zero attached hydrogens (tertiary/aromatic N) is 3. The van der Waals surface area contributed by atoms with Crippen molar-refractivity contribution >= 4 is 11.6 Å². The summed E-state index contributed by atoms with van der Waals surface area (Å²) in [5, 5.41) is 14.0. The fraction of sp³-hybridized carbons (Fsp3) is 0.0714. The van der Waals surface area contributed by atoms with Gasteiger partial charge < -0.3 is 9.63 Å². The van der Waals surface area contributed by atoms with Gasteiger partial charge in [-0.3, -0.25) is 4.98 Å². The Morgan fingerprint density at radius 2 is 2.05 bits per heavy atom. The van der Waals surface area contributed by atoms with Crippen LogP contribution < -0.4 is 0 Å². The maximum absolute atomic E-state index is 9.38. The average molecular weight is 288 g/mol. The van der Waals surface area contributed by atoms with Crippen molar-refractivity contribution < 1.29 is 9.63 Å². The second kappa shape index (κ2) is 5.30. The minimum atomic E-state index is 0.0494. The highest BCUT2D eigenvalue weighted by molar-refractivity contribution is 6.31. The molecule has 0 aliphatic carbocycles. The molecule has 2 aromatic heterocycles. The van der Waals surface area contributed by atoms with Crippen LogP contribution >= 0.6 is 11.6 Å². The van der Waals surface area contributed by atoms with Crippen LogP contribution in [0.15, 0.2) is 47.2 Å². The van der Waals surface area contributed by atoms with Gasteiger partial charge in [-0.1, -0.05) is 35.0 Å². The molecule has 100 valence electrons. The number of aromatic hydroxyl groups is 1. The molecule has 3 rings (SSSR count). The topological polar surface area (TPSA) is 72.0 Å². The molecule has 0 radical (unpaired) electrons. The number of rotatable bonds is 3. The third-order valence-corrected chi connectivity index (χ3v) is 3.11. The number of benzene rings is 1. The molecule has 5 nitrogen and oxygen atoms in total. The standard InChI is InChI=1S/C14H10ClN3O2/c15-12-4-2-1-3-9(12)6-13-17-14(20-18-13)10-5-11(19)8-16-7-10/h1-5,7-8,19H,6H2. The molecule has 0 spiro atoms. The first-order valence-corrected chi connectivity index (χ1v) is 6.30. The van der Waals surface area contributed by atoms with E-state index in [1.165, 1.54) is 12.3 Å². The Morgan fingerprint density at radius 3 is 2.85 bits per heavy atom. The summed E-state index contributed by atoms with van der Waals surface area (Å²) in [5.74, 6) is 0.889. The molecule has 0 amide bonds. The predicted molar refractivity (Wildman–Crippen MR) is 73.5 cm³/mol. The lowest BCUT2D eigenvalue weighted by atomic mass is 10.1. The van der Waals surface area contributed by atoms with E-state index in [4.69, 9.17) is 16.1 Å². The molecule has 3 aromatic rings. The van der Waals surface area contributed by atoms with Crippen molar-refractivity contribution in [1.82, 2.24) is 15.1 Å². The monoisotopic (exact) mass is 287 g/mol. The molecular formula is C14H10ClN3O2. The van der Waals surface area contributed by atoms with Gasteiger partial charge in [-0.15, -0.1) is 0 Å². The van der Waals surface area contributed by atoms with Crippen molar-refractivity contribution in [2.75, 3.05) is 0 Å². The Hall–Kier alpha value is -2.40. The van der Waals surface area contributed by atoms with Crippen LogP contribution in [-0.2, 0) is 6.42 Å². The summed E-state index contributed by atoms with van der Waals surface area (Å²) in [6.07, 6.45) is 3.37. The first-order chi connectivity index (χ1) is 9.72. The van der Waals surface area contributed by atoms with Gasteiger partial charge in [0.25, 0.3) is 5.89 Å². The largest absolute Gasteiger partial charge is 0.506 e. The fourth-order valence-electron chi connectivity index (χ4n) is 1.80. The molecule has 1 N–H and O–H groups in total. The highest BCUT2D eigenvalue weighted by Gasteiger charge is 2.11. The molecule has 1 aromatic carbocycles. The van der Waals surface area contributed by atoms with Gasteiger partial charge in [0.15, 0.2) is 5.82 Å². The minimum Gasteiger partial charge on any atom is -0.506 e. The molecule has 20 heavy (non-hydrogen) atoms. The number of pyridine rings is 1. The van der Waals surface area contributed by atoms with Gasteiger partial charge in [0.05, 0.1) is 11.8 Å². The average Bonchev–Trinajstić information content (AvgIpc) is 2.90. The zero-order valence-corrected chi connectivity index (χ0v) is 11.1. The summed E-state index contributed by atoms with van der Waals surface area (Å²) in [6, 6.07) is 9.01. The van der Waals surface area contributed by atoms with Crippen molar-refractivity contribution in [2.24, 2.45) is 0 Å². The maximum Gasteiger partial charge on any atom is 0.259 e.